The van der Waals surface area contributed by atoms with Crippen LogP contribution in [0.4, 0.5) is 4.39 Å². The van der Waals surface area contributed by atoms with E-state index in [4.69, 9.17) is 11.6 Å². The predicted molar refractivity (Wildman–Crippen MR) is 114 cm³/mol. The molecule has 0 spiro atoms. The fourth-order valence-electron chi connectivity index (χ4n) is 3.57. The second kappa shape index (κ2) is 7.21. The third kappa shape index (κ3) is 3.32. The van der Waals surface area contributed by atoms with Gasteiger partial charge in [-0.3, -0.25) is 14.0 Å². The molecule has 0 aliphatic carbocycles. The molecule has 8 nitrogen and oxygen atoms in total. The van der Waals surface area contributed by atoms with Gasteiger partial charge < -0.3 is 0 Å². The van der Waals surface area contributed by atoms with Crippen molar-refractivity contribution in [2.24, 2.45) is 7.05 Å². The zero-order chi connectivity index (χ0) is 21.7. The molecule has 0 N–H and O–H groups in total. The number of nitrogens with zero attached hydrogens (tertiary/aromatic N) is 6. The zero-order valence-electron chi connectivity index (χ0n) is 16.4. The van der Waals surface area contributed by atoms with Crippen LogP contribution in [-0.2, 0) is 20.1 Å². The second-order valence-corrected chi connectivity index (χ2v) is 7.69. The molecule has 0 fully saturated rings. The smallest absolute Gasteiger partial charge is 0.273 e. The first-order valence-corrected chi connectivity index (χ1v) is 9.83. The van der Waals surface area contributed by atoms with Crippen LogP contribution in [0.25, 0.3) is 16.8 Å². The molecule has 0 aliphatic heterocycles. The Morgan fingerprint density at radius 3 is 2.29 bits per heavy atom. The lowest BCUT2D eigenvalue weighted by Gasteiger charge is -2.07. The van der Waals surface area contributed by atoms with Crippen molar-refractivity contribution in [3.8, 4) is 0 Å². The minimum Gasteiger partial charge on any atom is -0.273 e. The van der Waals surface area contributed by atoms with Gasteiger partial charge in [-0.2, -0.15) is 5.10 Å². The third-order valence-electron chi connectivity index (χ3n) is 5.06. The van der Waals surface area contributed by atoms with Crippen LogP contribution < -0.4 is 11.2 Å². The van der Waals surface area contributed by atoms with E-state index in [-0.39, 0.29) is 35.8 Å². The molecule has 5 aromatic rings. The number of aromatic nitrogens is 6. The second-order valence-electron chi connectivity index (χ2n) is 7.26. The van der Waals surface area contributed by atoms with Gasteiger partial charge in [0.2, 0.25) is 5.78 Å². The molecule has 0 aliphatic rings. The monoisotopic (exact) mass is 438 g/mol. The molecule has 31 heavy (non-hydrogen) atoms. The molecule has 2 aromatic carbocycles. The molecule has 0 amide bonds. The van der Waals surface area contributed by atoms with E-state index >= 15 is 0 Å². The van der Waals surface area contributed by atoms with Crippen molar-refractivity contribution in [1.82, 2.24) is 28.5 Å². The summed E-state index contributed by atoms with van der Waals surface area (Å²) in [5.41, 5.74) is 1.32. The van der Waals surface area contributed by atoms with Gasteiger partial charge in [-0.1, -0.05) is 35.9 Å². The molecule has 0 saturated heterocycles. The van der Waals surface area contributed by atoms with Crippen LogP contribution in [0.2, 0.25) is 5.02 Å². The van der Waals surface area contributed by atoms with E-state index in [1.807, 2.05) is 12.1 Å². The molecule has 0 radical (unpaired) electrons. The Bertz CT molecular complexity index is 1540. The molecular weight excluding hydrogens is 423 g/mol. The number of rotatable bonds is 4. The van der Waals surface area contributed by atoms with Gasteiger partial charge in [0.05, 0.1) is 13.1 Å². The first-order chi connectivity index (χ1) is 14.9. The van der Waals surface area contributed by atoms with Crippen LogP contribution in [0.15, 0.2) is 64.3 Å². The average molecular weight is 439 g/mol. The first-order valence-electron chi connectivity index (χ1n) is 9.45. The number of halogens is 2. The van der Waals surface area contributed by atoms with Crippen molar-refractivity contribution < 1.29 is 4.39 Å². The number of aryl methyl sites for hydroxylation is 1. The maximum atomic E-state index is 13.2. The highest BCUT2D eigenvalue weighted by atomic mass is 35.5. The molecule has 156 valence electrons. The van der Waals surface area contributed by atoms with Crippen molar-refractivity contribution in [2.75, 3.05) is 0 Å². The maximum absolute atomic E-state index is 13.2. The van der Waals surface area contributed by atoms with Crippen molar-refractivity contribution >= 4 is 28.4 Å². The van der Waals surface area contributed by atoms with E-state index < -0.39 is 5.69 Å². The summed E-state index contributed by atoms with van der Waals surface area (Å²) >= 11 is 5.97. The predicted octanol–water partition coefficient (Wildman–Crippen LogP) is 2.43. The molecule has 5 rings (SSSR count). The Morgan fingerprint density at radius 1 is 0.935 bits per heavy atom. The van der Waals surface area contributed by atoms with Gasteiger partial charge in [0.15, 0.2) is 5.52 Å². The Morgan fingerprint density at radius 2 is 1.58 bits per heavy atom. The molecular formula is C21H16ClFN6O2. The Hall–Kier alpha value is -3.72. The van der Waals surface area contributed by atoms with Crippen molar-refractivity contribution in [1.29, 1.82) is 0 Å². The lowest BCUT2D eigenvalue weighted by molar-refractivity contribution is 0.622. The van der Waals surface area contributed by atoms with Crippen molar-refractivity contribution in [2.45, 2.75) is 13.1 Å². The van der Waals surface area contributed by atoms with Crippen LogP contribution in [-0.4, -0.2) is 28.5 Å². The van der Waals surface area contributed by atoms with E-state index in [9.17, 15) is 14.0 Å². The van der Waals surface area contributed by atoms with Gasteiger partial charge in [-0.25, -0.2) is 18.3 Å². The highest BCUT2D eigenvalue weighted by Gasteiger charge is 2.20. The largest absolute Gasteiger partial charge is 0.352 e. The SMILES string of the molecule is Cn1cc2c(n1)c(=O)n(Cc1ccc(Cl)cc1)c1nn(Cc3ccc(F)cc3)c(=O)n21. The summed E-state index contributed by atoms with van der Waals surface area (Å²) < 4.78 is 18.8. The molecule has 0 bridgehead atoms. The average Bonchev–Trinajstić information content (AvgIpc) is 3.28. The number of benzene rings is 2. The lowest BCUT2D eigenvalue weighted by Crippen LogP contribution is -2.26. The molecule has 0 unspecified atom stereocenters. The minimum absolute atomic E-state index is 0.137. The van der Waals surface area contributed by atoms with Gasteiger partial charge in [0.25, 0.3) is 5.56 Å². The standard InChI is InChI=1S/C21H16ClFN6O2/c1-26-12-17-18(24-26)19(30)27(10-13-2-6-15(22)7-3-13)20-25-28(21(31)29(17)20)11-14-4-8-16(23)9-5-14/h2-9,12H,10-11H2,1H3. The fourth-order valence-corrected chi connectivity index (χ4v) is 3.70. The first kappa shape index (κ1) is 19.3. The van der Waals surface area contributed by atoms with E-state index in [0.717, 1.165) is 5.56 Å². The van der Waals surface area contributed by atoms with Crippen molar-refractivity contribution in [3.63, 3.8) is 0 Å². The summed E-state index contributed by atoms with van der Waals surface area (Å²) in [6, 6.07) is 12.9. The lowest BCUT2D eigenvalue weighted by atomic mass is 10.2. The van der Waals surface area contributed by atoms with Gasteiger partial charge in [-0.05, 0) is 35.4 Å². The quantitative estimate of drug-likeness (QED) is 0.431. The van der Waals surface area contributed by atoms with E-state index in [1.54, 1.807) is 37.5 Å². The Balaban J connectivity index is 1.73. The summed E-state index contributed by atoms with van der Waals surface area (Å²) in [5.74, 6) is -0.160. The van der Waals surface area contributed by atoms with Gasteiger partial charge in [0, 0.05) is 18.3 Å². The van der Waals surface area contributed by atoms with Gasteiger partial charge >= 0.3 is 5.69 Å². The van der Waals surface area contributed by atoms with Gasteiger partial charge in [0.1, 0.15) is 11.3 Å². The van der Waals surface area contributed by atoms with E-state index in [1.165, 1.54) is 30.5 Å². The fraction of sp³-hybridized carbons (Fsp3) is 0.143. The summed E-state index contributed by atoms with van der Waals surface area (Å²) in [4.78, 5) is 26.4. The van der Waals surface area contributed by atoms with Crippen LogP contribution in [0.5, 0.6) is 0 Å². The summed E-state index contributed by atoms with van der Waals surface area (Å²) in [5, 5.41) is 9.27. The maximum Gasteiger partial charge on any atom is 0.352 e. The van der Waals surface area contributed by atoms with Crippen LogP contribution in [0.3, 0.4) is 0 Å². The highest BCUT2D eigenvalue weighted by Crippen LogP contribution is 2.14. The van der Waals surface area contributed by atoms with Crippen LogP contribution >= 0.6 is 11.6 Å². The molecule has 3 aromatic heterocycles. The minimum atomic E-state index is -0.415. The molecule has 0 atom stereocenters. The highest BCUT2D eigenvalue weighted by molar-refractivity contribution is 6.30. The molecule has 0 saturated carbocycles. The molecule has 3 heterocycles. The Kier molecular flexibility index (Phi) is 4.48. The van der Waals surface area contributed by atoms with Crippen LogP contribution in [0.1, 0.15) is 11.1 Å². The summed E-state index contributed by atoms with van der Waals surface area (Å²) in [6.07, 6.45) is 1.61. The van der Waals surface area contributed by atoms with E-state index in [2.05, 4.69) is 10.2 Å². The third-order valence-corrected chi connectivity index (χ3v) is 5.31. The Labute approximate surface area is 179 Å². The zero-order valence-corrected chi connectivity index (χ0v) is 17.1. The number of hydrogen-bond donors (Lipinski definition) is 0. The normalized spacial score (nSPS) is 11.6. The number of hydrogen-bond acceptors (Lipinski definition) is 4. The van der Waals surface area contributed by atoms with Crippen molar-refractivity contribution in [3.05, 3.63) is 97.5 Å². The summed E-state index contributed by atoms with van der Waals surface area (Å²) in [6.45, 7) is 0.330. The van der Waals surface area contributed by atoms with Crippen LogP contribution in [0, 0.1) is 5.82 Å². The summed E-state index contributed by atoms with van der Waals surface area (Å²) in [7, 11) is 1.68. The van der Waals surface area contributed by atoms with E-state index in [0.29, 0.717) is 16.1 Å². The molecule has 10 heteroatoms. The number of fused-ring (bicyclic) bond motifs is 3. The van der Waals surface area contributed by atoms with Gasteiger partial charge in [-0.15, -0.1) is 5.10 Å². The topological polar surface area (TPSA) is 79.1 Å².